The van der Waals surface area contributed by atoms with Crippen LogP contribution in [0.15, 0.2) is 42.6 Å². The molecule has 7 rings (SSSR count). The Morgan fingerprint density at radius 1 is 1.04 bits per heavy atom. The second-order valence-corrected chi connectivity index (χ2v) is 13.7. The molecule has 2 N–H and O–H groups in total. The van der Waals surface area contributed by atoms with Gasteiger partial charge in [0.05, 0.1) is 11.5 Å². The molecular weight excluding hydrogens is 604 g/mol. The zero-order chi connectivity index (χ0) is 32.0. The first-order valence-electron chi connectivity index (χ1n) is 16.7. The second kappa shape index (κ2) is 12.4. The van der Waals surface area contributed by atoms with Gasteiger partial charge in [0.25, 0.3) is 0 Å². The quantitative estimate of drug-likeness (QED) is 0.388. The van der Waals surface area contributed by atoms with E-state index in [2.05, 4.69) is 15.3 Å². The number of rotatable bonds is 8. The first kappa shape index (κ1) is 30.7. The number of hydrogen-bond donors (Lipinski definition) is 2. The summed E-state index contributed by atoms with van der Waals surface area (Å²) in [4.78, 5) is 68.5. The lowest BCUT2D eigenvalue weighted by molar-refractivity contribution is -0.167. The van der Waals surface area contributed by atoms with Crippen molar-refractivity contribution < 1.29 is 19.2 Å². The van der Waals surface area contributed by atoms with Crippen molar-refractivity contribution in [3.63, 3.8) is 0 Å². The lowest BCUT2D eigenvalue weighted by Crippen LogP contribution is -2.66. The minimum atomic E-state index is -0.875. The van der Waals surface area contributed by atoms with E-state index in [1.807, 2.05) is 58.0 Å². The van der Waals surface area contributed by atoms with Gasteiger partial charge in [0.2, 0.25) is 23.6 Å². The Balaban J connectivity index is 1.17. The third kappa shape index (κ3) is 5.44. The Labute approximate surface area is 273 Å². The number of piperidine rings is 1. The first-order chi connectivity index (χ1) is 22.3. The van der Waals surface area contributed by atoms with Crippen molar-refractivity contribution in [3.8, 4) is 0 Å². The number of nitrogens with one attached hydrogen (secondary N) is 2. The number of fused-ring (bicyclic) bond motifs is 5. The monoisotopic (exact) mass is 644 g/mol. The van der Waals surface area contributed by atoms with Crippen LogP contribution in [0.4, 0.5) is 0 Å². The van der Waals surface area contributed by atoms with E-state index >= 15 is 0 Å². The Hall–Kier alpha value is -3.92. The molecule has 5 heterocycles. The number of carbonyl (C=O) groups excluding carboxylic acids is 4. The van der Waals surface area contributed by atoms with E-state index in [1.54, 1.807) is 6.20 Å². The SMILES string of the molecule is CC[C@]12c3[nH]c4ccc(Cl)cc4c3CCN1C(=O)[C@@H](CC(=O)NCCc1ccccn1)C[C@@H]2C(=O)N1CCN(C(=O)C2CC2)CC1. The molecule has 242 valence electrons. The van der Waals surface area contributed by atoms with Gasteiger partial charge in [-0.1, -0.05) is 24.6 Å². The van der Waals surface area contributed by atoms with Crippen molar-refractivity contribution in [2.75, 3.05) is 39.3 Å². The van der Waals surface area contributed by atoms with Crippen LogP contribution in [0.3, 0.4) is 0 Å². The highest BCUT2D eigenvalue weighted by Gasteiger charge is 2.59. The molecule has 46 heavy (non-hydrogen) atoms. The zero-order valence-electron chi connectivity index (χ0n) is 26.3. The molecule has 1 aliphatic carbocycles. The fraction of sp³-hybridized carbons (Fsp3) is 0.514. The van der Waals surface area contributed by atoms with Crippen molar-refractivity contribution in [2.45, 2.75) is 57.4 Å². The lowest BCUT2D eigenvalue weighted by atomic mass is 9.65. The van der Waals surface area contributed by atoms with Crippen LogP contribution in [-0.2, 0) is 37.6 Å². The number of halogens is 1. The number of piperazine rings is 1. The van der Waals surface area contributed by atoms with Crippen molar-refractivity contribution in [2.24, 2.45) is 17.8 Å². The molecule has 0 bridgehead atoms. The Bertz CT molecular complexity index is 1660. The van der Waals surface area contributed by atoms with Crippen LogP contribution in [0, 0.1) is 17.8 Å². The highest BCUT2D eigenvalue weighted by molar-refractivity contribution is 6.31. The van der Waals surface area contributed by atoms with E-state index in [4.69, 9.17) is 11.6 Å². The third-order valence-electron chi connectivity index (χ3n) is 10.6. The number of benzene rings is 1. The van der Waals surface area contributed by atoms with E-state index in [1.165, 1.54) is 0 Å². The summed E-state index contributed by atoms with van der Waals surface area (Å²) >= 11 is 6.42. The highest BCUT2D eigenvalue weighted by Crippen LogP contribution is 2.52. The third-order valence-corrected chi connectivity index (χ3v) is 10.8. The number of pyridine rings is 1. The average molecular weight is 645 g/mol. The van der Waals surface area contributed by atoms with E-state index in [-0.39, 0.29) is 42.4 Å². The highest BCUT2D eigenvalue weighted by atomic mass is 35.5. The molecule has 1 aromatic carbocycles. The van der Waals surface area contributed by atoms with Gasteiger partial charge in [0.1, 0.15) is 0 Å². The van der Waals surface area contributed by atoms with E-state index in [0.717, 1.165) is 40.7 Å². The number of nitrogens with zero attached hydrogens (tertiary/aromatic N) is 4. The number of hydrogen-bond acceptors (Lipinski definition) is 5. The number of carbonyl (C=O) groups is 4. The summed E-state index contributed by atoms with van der Waals surface area (Å²) in [5, 5.41) is 4.63. The maximum atomic E-state index is 14.7. The van der Waals surface area contributed by atoms with Crippen molar-refractivity contribution in [1.29, 1.82) is 0 Å². The summed E-state index contributed by atoms with van der Waals surface area (Å²) in [6.45, 7) is 4.91. The van der Waals surface area contributed by atoms with Gasteiger partial charge in [-0.05, 0) is 68.0 Å². The minimum Gasteiger partial charge on any atom is -0.356 e. The molecule has 0 spiro atoms. The van der Waals surface area contributed by atoms with Crippen LogP contribution in [0.25, 0.3) is 10.9 Å². The summed E-state index contributed by atoms with van der Waals surface area (Å²) in [5.41, 5.74) is 2.96. The Morgan fingerprint density at radius 2 is 1.80 bits per heavy atom. The number of H-pyrrole nitrogens is 1. The zero-order valence-corrected chi connectivity index (χ0v) is 27.0. The fourth-order valence-electron chi connectivity index (χ4n) is 8.09. The Morgan fingerprint density at radius 3 is 2.50 bits per heavy atom. The summed E-state index contributed by atoms with van der Waals surface area (Å²) in [5.74, 6) is -1.09. The molecule has 2 saturated heterocycles. The fourth-order valence-corrected chi connectivity index (χ4v) is 8.27. The maximum Gasteiger partial charge on any atom is 0.228 e. The van der Waals surface area contributed by atoms with Gasteiger partial charge >= 0.3 is 0 Å². The van der Waals surface area contributed by atoms with Crippen LogP contribution in [0.5, 0.6) is 0 Å². The largest absolute Gasteiger partial charge is 0.356 e. The molecule has 4 aliphatic rings. The molecule has 2 aromatic heterocycles. The van der Waals surface area contributed by atoms with Gasteiger partial charge < -0.3 is 25.0 Å². The Kier molecular flexibility index (Phi) is 8.25. The molecule has 0 radical (unpaired) electrons. The van der Waals surface area contributed by atoms with Crippen LogP contribution >= 0.6 is 11.6 Å². The maximum absolute atomic E-state index is 14.7. The van der Waals surface area contributed by atoms with Gasteiger partial charge in [-0.2, -0.15) is 0 Å². The van der Waals surface area contributed by atoms with Crippen LogP contribution in [0.1, 0.15) is 56.0 Å². The number of aromatic amines is 1. The van der Waals surface area contributed by atoms with Crippen molar-refractivity contribution in [1.82, 2.24) is 30.0 Å². The molecule has 3 fully saturated rings. The predicted molar refractivity (Wildman–Crippen MR) is 174 cm³/mol. The van der Waals surface area contributed by atoms with E-state index in [0.29, 0.717) is 63.6 Å². The molecule has 3 aliphatic heterocycles. The summed E-state index contributed by atoms with van der Waals surface area (Å²) in [6.07, 6.45) is 5.73. The molecule has 10 nitrogen and oxygen atoms in total. The van der Waals surface area contributed by atoms with Crippen molar-refractivity contribution in [3.05, 3.63) is 64.6 Å². The van der Waals surface area contributed by atoms with Gasteiger partial charge in [-0.25, -0.2) is 0 Å². The molecule has 4 amide bonds. The molecule has 3 atom stereocenters. The topological polar surface area (TPSA) is 119 Å². The summed E-state index contributed by atoms with van der Waals surface area (Å²) < 4.78 is 0. The first-order valence-corrected chi connectivity index (χ1v) is 17.0. The van der Waals surface area contributed by atoms with Gasteiger partial charge in [0.15, 0.2) is 0 Å². The number of aromatic nitrogens is 2. The number of amides is 4. The van der Waals surface area contributed by atoms with Crippen molar-refractivity contribution >= 4 is 46.1 Å². The van der Waals surface area contributed by atoms with Gasteiger partial charge in [-0.15, -0.1) is 0 Å². The molecule has 0 unspecified atom stereocenters. The predicted octanol–water partition coefficient (Wildman–Crippen LogP) is 3.67. The van der Waals surface area contributed by atoms with Gasteiger partial charge in [-0.3, -0.25) is 24.2 Å². The van der Waals surface area contributed by atoms with E-state index in [9.17, 15) is 19.2 Å². The average Bonchev–Trinajstić information content (AvgIpc) is 3.86. The van der Waals surface area contributed by atoms with Crippen LogP contribution < -0.4 is 5.32 Å². The minimum absolute atomic E-state index is 0.0111. The second-order valence-electron chi connectivity index (χ2n) is 13.2. The van der Waals surface area contributed by atoms with E-state index < -0.39 is 17.4 Å². The van der Waals surface area contributed by atoms with Crippen LogP contribution in [-0.4, -0.2) is 87.6 Å². The smallest absolute Gasteiger partial charge is 0.228 e. The summed E-state index contributed by atoms with van der Waals surface area (Å²) in [7, 11) is 0. The molecule has 11 heteroatoms. The van der Waals surface area contributed by atoms with Crippen LogP contribution in [0.2, 0.25) is 5.02 Å². The van der Waals surface area contributed by atoms with Gasteiger partial charge in [0, 0.05) is 97.5 Å². The normalized spacial score (nSPS) is 24.5. The molecular formula is C35H41ClN6O4. The lowest BCUT2D eigenvalue weighted by Gasteiger charge is -2.56. The molecule has 1 saturated carbocycles. The standard InChI is InChI=1S/C35H41ClN6O4/c1-2-35-28(34(46)41-17-15-40(16-18-41)32(44)22-6-7-22)19-23(20-30(43)38-13-10-25-5-3-4-12-37-25)33(45)42(35)14-11-26-27-21-24(36)8-9-29(27)39-31(26)35/h3-5,8-9,12,21-23,28,39H,2,6-7,10-11,13-20H2,1H3,(H,38,43)/t23-,28-,35+/m1/s1. The summed E-state index contributed by atoms with van der Waals surface area (Å²) in [6, 6.07) is 11.5. The molecule has 3 aromatic rings.